The van der Waals surface area contributed by atoms with Gasteiger partial charge in [-0.3, -0.25) is 0 Å². The van der Waals surface area contributed by atoms with E-state index in [9.17, 15) is 8.42 Å². The lowest BCUT2D eigenvalue weighted by Crippen LogP contribution is -2.37. The van der Waals surface area contributed by atoms with Gasteiger partial charge in [-0.25, -0.2) is 8.42 Å². The maximum absolute atomic E-state index is 11.4. The first kappa shape index (κ1) is 15.7. The fraction of sp³-hybridized carbons (Fsp3) is 0.727. The van der Waals surface area contributed by atoms with Crippen molar-refractivity contribution in [1.29, 1.82) is 0 Å². The molecule has 0 unspecified atom stereocenters. The van der Waals surface area contributed by atoms with Crippen LogP contribution in [0.1, 0.15) is 6.92 Å². The smallest absolute Gasteiger partial charge is 0.232 e. The molecule has 0 aromatic carbocycles. The van der Waals surface area contributed by atoms with Gasteiger partial charge in [0.05, 0.1) is 19.0 Å². The monoisotopic (exact) mass is 316 g/mol. The van der Waals surface area contributed by atoms with E-state index < -0.39 is 9.84 Å². The summed E-state index contributed by atoms with van der Waals surface area (Å²) in [6.45, 7) is 4.46. The van der Waals surface area contributed by atoms with Crippen LogP contribution in [0.2, 0.25) is 0 Å². The van der Waals surface area contributed by atoms with Crippen molar-refractivity contribution < 1.29 is 13.2 Å². The second kappa shape index (κ2) is 6.85. The topological polar surface area (TPSA) is 123 Å². The normalized spacial score (nSPS) is 16.0. The number of rotatable bonds is 6. The summed E-state index contributed by atoms with van der Waals surface area (Å²) < 4.78 is 28.1. The van der Waals surface area contributed by atoms with Gasteiger partial charge in [0, 0.05) is 25.4 Å². The first-order chi connectivity index (χ1) is 10.00. The molecule has 2 heterocycles. The van der Waals surface area contributed by atoms with Gasteiger partial charge in [0.2, 0.25) is 17.8 Å². The van der Waals surface area contributed by atoms with Gasteiger partial charge in [-0.05, 0) is 0 Å². The zero-order chi connectivity index (χ0) is 15.3. The molecule has 0 radical (unpaired) electrons. The Kier molecular flexibility index (Phi) is 5.12. The predicted molar refractivity (Wildman–Crippen MR) is 80.1 cm³/mol. The summed E-state index contributed by atoms with van der Waals surface area (Å²) in [4.78, 5) is 14.3. The molecular formula is C11H20N6O3S. The van der Waals surface area contributed by atoms with E-state index in [1.807, 2.05) is 4.90 Å². The van der Waals surface area contributed by atoms with Crippen molar-refractivity contribution in [3.8, 4) is 0 Å². The standard InChI is InChI=1S/C11H20N6O3S/c1-2-21(18,19)8-3-13-10-14-9(12)15-11(16-10)17-4-6-20-7-5-17/h2-8H2,1H3,(H3,12,13,14,15,16). The summed E-state index contributed by atoms with van der Waals surface area (Å²) in [5, 5.41) is 2.88. The lowest BCUT2D eigenvalue weighted by atomic mass is 10.4. The first-order valence-electron chi connectivity index (χ1n) is 6.79. The number of morpholine rings is 1. The SMILES string of the molecule is CCS(=O)(=O)CCNc1nc(N)nc(N2CCOCC2)n1. The van der Waals surface area contributed by atoms with Gasteiger partial charge < -0.3 is 20.7 Å². The van der Waals surface area contributed by atoms with Crippen molar-refractivity contribution in [1.82, 2.24) is 15.0 Å². The molecule has 0 spiro atoms. The molecular weight excluding hydrogens is 296 g/mol. The average molecular weight is 316 g/mol. The second-order valence-corrected chi connectivity index (χ2v) is 7.05. The molecule has 1 aromatic rings. The molecule has 0 aliphatic carbocycles. The molecule has 0 atom stereocenters. The van der Waals surface area contributed by atoms with Crippen LogP contribution in [0.3, 0.4) is 0 Å². The number of nitrogens with two attached hydrogens (primary N) is 1. The van der Waals surface area contributed by atoms with E-state index in [0.29, 0.717) is 32.3 Å². The fourth-order valence-corrected chi connectivity index (χ4v) is 2.53. The fourth-order valence-electron chi connectivity index (χ4n) is 1.83. The quantitative estimate of drug-likeness (QED) is 0.689. The Balaban J connectivity index is 2.01. The number of aromatic nitrogens is 3. The summed E-state index contributed by atoms with van der Waals surface area (Å²) in [6, 6.07) is 0. The molecule has 1 aliphatic heterocycles. The molecule has 1 aromatic heterocycles. The van der Waals surface area contributed by atoms with E-state index in [0.717, 1.165) is 0 Å². The Morgan fingerprint density at radius 2 is 2.00 bits per heavy atom. The molecule has 0 bridgehead atoms. The first-order valence-corrected chi connectivity index (χ1v) is 8.61. The van der Waals surface area contributed by atoms with Crippen LogP contribution in [0.15, 0.2) is 0 Å². The molecule has 3 N–H and O–H groups in total. The molecule has 9 nitrogen and oxygen atoms in total. The highest BCUT2D eigenvalue weighted by Gasteiger charge is 2.16. The van der Waals surface area contributed by atoms with Gasteiger partial charge in [-0.2, -0.15) is 15.0 Å². The van der Waals surface area contributed by atoms with Crippen molar-refractivity contribution in [3.05, 3.63) is 0 Å². The Labute approximate surface area is 123 Å². The average Bonchev–Trinajstić information content (AvgIpc) is 2.47. The van der Waals surface area contributed by atoms with Gasteiger partial charge in [0.15, 0.2) is 9.84 Å². The zero-order valence-corrected chi connectivity index (χ0v) is 12.8. The predicted octanol–water partition coefficient (Wildman–Crippen LogP) is -0.863. The Hall–Kier alpha value is -1.68. The van der Waals surface area contributed by atoms with Gasteiger partial charge in [-0.1, -0.05) is 6.92 Å². The van der Waals surface area contributed by atoms with Crippen LogP contribution in [0.5, 0.6) is 0 Å². The Bertz CT molecular complexity index is 573. The molecule has 0 amide bonds. The summed E-state index contributed by atoms with van der Waals surface area (Å²) in [7, 11) is -3.02. The number of anilines is 3. The number of hydrogen-bond acceptors (Lipinski definition) is 9. The van der Waals surface area contributed by atoms with Crippen LogP contribution in [0, 0.1) is 0 Å². The molecule has 1 saturated heterocycles. The lowest BCUT2D eigenvalue weighted by molar-refractivity contribution is 0.122. The lowest BCUT2D eigenvalue weighted by Gasteiger charge is -2.26. The van der Waals surface area contributed by atoms with Crippen LogP contribution in [-0.4, -0.2) is 67.7 Å². The molecule has 10 heteroatoms. The van der Waals surface area contributed by atoms with Gasteiger partial charge in [-0.15, -0.1) is 0 Å². The van der Waals surface area contributed by atoms with Gasteiger partial charge >= 0.3 is 0 Å². The van der Waals surface area contributed by atoms with Crippen molar-refractivity contribution in [2.45, 2.75) is 6.92 Å². The molecule has 1 aliphatic rings. The van der Waals surface area contributed by atoms with Crippen molar-refractivity contribution >= 4 is 27.7 Å². The summed E-state index contributed by atoms with van der Waals surface area (Å²) in [5.74, 6) is 1.02. The van der Waals surface area contributed by atoms with Crippen LogP contribution in [0.4, 0.5) is 17.8 Å². The van der Waals surface area contributed by atoms with E-state index in [-0.39, 0.29) is 29.9 Å². The summed E-state index contributed by atoms with van der Waals surface area (Å²) in [6.07, 6.45) is 0. The van der Waals surface area contributed by atoms with Crippen molar-refractivity contribution in [3.63, 3.8) is 0 Å². The number of nitrogen functional groups attached to an aromatic ring is 1. The number of ether oxygens (including phenoxy) is 1. The third-order valence-corrected chi connectivity index (χ3v) is 4.78. The minimum Gasteiger partial charge on any atom is -0.378 e. The van der Waals surface area contributed by atoms with Crippen LogP contribution >= 0.6 is 0 Å². The van der Waals surface area contributed by atoms with E-state index >= 15 is 0 Å². The van der Waals surface area contributed by atoms with Crippen LogP contribution < -0.4 is 16.0 Å². The molecule has 0 saturated carbocycles. The van der Waals surface area contributed by atoms with Gasteiger partial charge in [0.1, 0.15) is 0 Å². The number of hydrogen-bond donors (Lipinski definition) is 2. The Morgan fingerprint density at radius 1 is 1.29 bits per heavy atom. The zero-order valence-electron chi connectivity index (χ0n) is 11.9. The molecule has 118 valence electrons. The third kappa shape index (κ3) is 4.67. The molecule has 21 heavy (non-hydrogen) atoms. The minimum atomic E-state index is -3.02. The summed E-state index contributed by atoms with van der Waals surface area (Å²) >= 11 is 0. The highest BCUT2D eigenvalue weighted by molar-refractivity contribution is 7.91. The highest BCUT2D eigenvalue weighted by atomic mass is 32.2. The van der Waals surface area contributed by atoms with E-state index in [4.69, 9.17) is 10.5 Å². The van der Waals surface area contributed by atoms with E-state index in [1.54, 1.807) is 6.92 Å². The highest BCUT2D eigenvalue weighted by Crippen LogP contribution is 2.13. The molecule has 2 rings (SSSR count). The number of sulfone groups is 1. The number of nitrogens with zero attached hydrogens (tertiary/aromatic N) is 4. The van der Waals surface area contributed by atoms with Crippen molar-refractivity contribution in [2.24, 2.45) is 0 Å². The second-order valence-electron chi connectivity index (χ2n) is 4.58. The molecule has 1 fully saturated rings. The maximum Gasteiger partial charge on any atom is 0.232 e. The number of nitrogens with one attached hydrogen (secondary N) is 1. The van der Waals surface area contributed by atoms with Gasteiger partial charge in [0.25, 0.3) is 0 Å². The Morgan fingerprint density at radius 3 is 2.67 bits per heavy atom. The van der Waals surface area contributed by atoms with E-state index in [2.05, 4.69) is 20.3 Å². The van der Waals surface area contributed by atoms with Crippen molar-refractivity contribution in [2.75, 3.05) is 60.3 Å². The summed E-state index contributed by atoms with van der Waals surface area (Å²) in [5.41, 5.74) is 5.67. The van der Waals surface area contributed by atoms with Crippen LogP contribution in [0.25, 0.3) is 0 Å². The minimum absolute atomic E-state index is 0.0297. The van der Waals surface area contributed by atoms with Crippen LogP contribution in [-0.2, 0) is 14.6 Å². The third-order valence-electron chi connectivity index (χ3n) is 3.07. The maximum atomic E-state index is 11.4. The van der Waals surface area contributed by atoms with E-state index in [1.165, 1.54) is 0 Å². The largest absolute Gasteiger partial charge is 0.378 e.